The number of carboxylic acids is 1. The second kappa shape index (κ2) is 8.48. The van der Waals surface area contributed by atoms with Crippen molar-refractivity contribution in [3.63, 3.8) is 0 Å². The SMILES string of the molecule is NC(CS)C(=O)O.S.S. The van der Waals surface area contributed by atoms with Crippen LogP contribution in [-0.4, -0.2) is 22.9 Å². The molecule has 0 aliphatic heterocycles. The highest BCUT2D eigenvalue weighted by molar-refractivity contribution is 7.80. The van der Waals surface area contributed by atoms with Crippen molar-refractivity contribution < 1.29 is 9.90 Å². The molecule has 0 spiro atoms. The molecule has 0 rings (SSSR count). The van der Waals surface area contributed by atoms with Gasteiger partial charge in [0.2, 0.25) is 0 Å². The maximum absolute atomic E-state index is 9.76. The molecule has 0 aromatic heterocycles. The summed E-state index contributed by atoms with van der Waals surface area (Å²) < 4.78 is 0. The maximum atomic E-state index is 9.76. The molecule has 0 fully saturated rings. The van der Waals surface area contributed by atoms with Crippen LogP contribution < -0.4 is 5.73 Å². The van der Waals surface area contributed by atoms with Crippen molar-refractivity contribution in [2.75, 3.05) is 5.75 Å². The highest BCUT2D eigenvalue weighted by Crippen LogP contribution is 1.80. The maximum Gasteiger partial charge on any atom is 0.321 e. The quantitative estimate of drug-likeness (QED) is 0.516. The van der Waals surface area contributed by atoms with Gasteiger partial charge in [0.25, 0.3) is 0 Å². The molecule has 9 heavy (non-hydrogen) atoms. The first-order chi connectivity index (χ1) is 3.18. The number of carboxylic acid groups (broad SMARTS) is 1. The Balaban J connectivity index is -0.000000180. The van der Waals surface area contributed by atoms with Gasteiger partial charge in [0.05, 0.1) is 0 Å². The molecule has 0 radical (unpaired) electrons. The van der Waals surface area contributed by atoms with Crippen molar-refractivity contribution in [1.29, 1.82) is 0 Å². The van der Waals surface area contributed by atoms with E-state index in [0.717, 1.165) is 0 Å². The topological polar surface area (TPSA) is 63.3 Å². The lowest BCUT2D eigenvalue weighted by atomic mass is 10.4. The average molecular weight is 189 g/mol. The van der Waals surface area contributed by atoms with E-state index in [0.29, 0.717) is 0 Å². The van der Waals surface area contributed by atoms with Crippen LogP contribution >= 0.6 is 39.6 Å². The minimum Gasteiger partial charge on any atom is -0.480 e. The molecular formula is C3H11NO2S3. The van der Waals surface area contributed by atoms with Gasteiger partial charge in [-0.15, -0.1) is 0 Å². The summed E-state index contributed by atoms with van der Waals surface area (Å²) in [4.78, 5) is 9.76. The smallest absolute Gasteiger partial charge is 0.321 e. The Hall–Kier alpha value is 0.480. The summed E-state index contributed by atoms with van der Waals surface area (Å²) >= 11 is 3.65. The van der Waals surface area contributed by atoms with Crippen LogP contribution in [0.2, 0.25) is 0 Å². The Morgan fingerprint density at radius 3 is 2.00 bits per heavy atom. The summed E-state index contributed by atoms with van der Waals surface area (Å²) in [6.07, 6.45) is 0. The molecule has 0 aliphatic carbocycles. The van der Waals surface area contributed by atoms with Crippen molar-refractivity contribution in [3.8, 4) is 0 Å². The van der Waals surface area contributed by atoms with Crippen LogP contribution in [0.15, 0.2) is 0 Å². The first-order valence-corrected chi connectivity index (χ1v) is 2.41. The number of rotatable bonds is 2. The van der Waals surface area contributed by atoms with E-state index in [4.69, 9.17) is 10.8 Å². The van der Waals surface area contributed by atoms with Gasteiger partial charge >= 0.3 is 5.97 Å². The lowest BCUT2D eigenvalue weighted by Crippen LogP contribution is -2.31. The molecule has 3 N–H and O–H groups in total. The highest BCUT2D eigenvalue weighted by Gasteiger charge is 2.06. The van der Waals surface area contributed by atoms with E-state index in [2.05, 4.69) is 12.6 Å². The van der Waals surface area contributed by atoms with Gasteiger partial charge < -0.3 is 10.8 Å². The van der Waals surface area contributed by atoms with Gasteiger partial charge in [0, 0.05) is 5.75 Å². The van der Waals surface area contributed by atoms with Crippen LogP contribution in [0.5, 0.6) is 0 Å². The fraction of sp³-hybridized carbons (Fsp3) is 0.667. The van der Waals surface area contributed by atoms with Crippen LogP contribution in [0.1, 0.15) is 0 Å². The van der Waals surface area contributed by atoms with Crippen molar-refractivity contribution in [2.45, 2.75) is 6.04 Å². The van der Waals surface area contributed by atoms with E-state index < -0.39 is 12.0 Å². The summed E-state index contributed by atoms with van der Waals surface area (Å²) in [5.41, 5.74) is 4.94. The highest BCUT2D eigenvalue weighted by atomic mass is 32.1. The zero-order valence-electron chi connectivity index (χ0n) is 4.66. The van der Waals surface area contributed by atoms with Crippen molar-refractivity contribution >= 4 is 45.6 Å². The Labute approximate surface area is 73.3 Å². The van der Waals surface area contributed by atoms with E-state index in [1.807, 2.05) is 0 Å². The molecule has 58 valence electrons. The van der Waals surface area contributed by atoms with Gasteiger partial charge in [-0.1, -0.05) is 0 Å². The number of nitrogens with two attached hydrogens (primary N) is 1. The van der Waals surface area contributed by atoms with E-state index in [1.165, 1.54) is 0 Å². The number of hydrogen-bond donors (Lipinski definition) is 3. The van der Waals surface area contributed by atoms with Crippen LogP contribution in [0.3, 0.4) is 0 Å². The number of hydrogen-bond acceptors (Lipinski definition) is 3. The Kier molecular flexibility index (Phi) is 15.3. The van der Waals surface area contributed by atoms with E-state index in [9.17, 15) is 4.79 Å². The summed E-state index contributed by atoms with van der Waals surface area (Å²) in [7, 11) is 0. The fourth-order valence-corrected chi connectivity index (χ4v) is 0.234. The van der Waals surface area contributed by atoms with Crippen LogP contribution in [0.25, 0.3) is 0 Å². The van der Waals surface area contributed by atoms with Crippen molar-refractivity contribution in [2.24, 2.45) is 5.73 Å². The van der Waals surface area contributed by atoms with Gasteiger partial charge in [0.1, 0.15) is 6.04 Å². The summed E-state index contributed by atoms with van der Waals surface area (Å²) in [5.74, 6) is -0.815. The van der Waals surface area contributed by atoms with Gasteiger partial charge in [-0.25, -0.2) is 0 Å². The second-order valence-corrected chi connectivity index (χ2v) is 1.49. The first-order valence-electron chi connectivity index (χ1n) is 1.77. The summed E-state index contributed by atoms with van der Waals surface area (Å²) in [6, 6.07) is -0.816. The molecule has 1 atom stereocenters. The molecule has 0 aromatic rings. The third-order valence-corrected chi connectivity index (χ3v) is 0.907. The predicted molar refractivity (Wildman–Crippen MR) is 50.2 cm³/mol. The average Bonchev–Trinajstić information content (AvgIpc) is 1.65. The molecule has 0 amide bonds. The van der Waals surface area contributed by atoms with E-state index in [-0.39, 0.29) is 32.7 Å². The van der Waals surface area contributed by atoms with Crippen molar-refractivity contribution in [1.82, 2.24) is 0 Å². The van der Waals surface area contributed by atoms with Crippen LogP contribution in [-0.2, 0) is 4.79 Å². The fourth-order valence-electron chi connectivity index (χ4n) is 0.0781. The molecule has 0 saturated carbocycles. The molecule has 3 nitrogen and oxygen atoms in total. The van der Waals surface area contributed by atoms with E-state index in [1.54, 1.807) is 0 Å². The van der Waals surface area contributed by atoms with Crippen LogP contribution in [0, 0.1) is 0 Å². The lowest BCUT2D eigenvalue weighted by Gasteiger charge is -1.96. The first kappa shape index (κ1) is 16.2. The standard InChI is InChI=1S/C3H7NO2S.2H2S/c4-2(1-7)3(5)6;;/h2,7H,1,4H2,(H,5,6);2*1H2. The molecule has 0 aliphatic rings. The molecule has 0 heterocycles. The number of carbonyl (C=O) groups is 1. The molecule has 0 saturated heterocycles. The zero-order chi connectivity index (χ0) is 5.86. The third kappa shape index (κ3) is 8.48. The molecule has 0 bridgehead atoms. The van der Waals surface area contributed by atoms with Crippen LogP contribution in [0.4, 0.5) is 0 Å². The van der Waals surface area contributed by atoms with Gasteiger partial charge in [-0.2, -0.15) is 39.6 Å². The summed E-state index contributed by atoms with van der Waals surface area (Å²) in [5, 5.41) is 8.01. The normalized spacial score (nSPS) is 10.4. The minimum absolute atomic E-state index is 0. The molecule has 1 unspecified atom stereocenters. The van der Waals surface area contributed by atoms with Gasteiger partial charge in [0.15, 0.2) is 0 Å². The van der Waals surface area contributed by atoms with Gasteiger partial charge in [-0.3, -0.25) is 4.79 Å². The Morgan fingerprint density at radius 2 is 2.00 bits per heavy atom. The molecule has 6 heteroatoms. The number of thiol groups is 1. The summed E-state index contributed by atoms with van der Waals surface area (Å²) in [6.45, 7) is 0. The third-order valence-electron chi connectivity index (χ3n) is 0.514. The lowest BCUT2D eigenvalue weighted by molar-refractivity contribution is -0.137. The van der Waals surface area contributed by atoms with Gasteiger partial charge in [-0.05, 0) is 0 Å². The monoisotopic (exact) mass is 189 g/mol. The number of aliphatic carboxylic acids is 1. The minimum atomic E-state index is -1.00. The zero-order valence-corrected chi connectivity index (χ0v) is 7.56. The predicted octanol–water partition coefficient (Wildman–Crippen LogP) is -0.446. The second-order valence-electron chi connectivity index (χ2n) is 1.13. The van der Waals surface area contributed by atoms with E-state index >= 15 is 0 Å². The largest absolute Gasteiger partial charge is 0.480 e. The molecule has 0 aromatic carbocycles. The van der Waals surface area contributed by atoms with Crippen molar-refractivity contribution in [3.05, 3.63) is 0 Å². The Morgan fingerprint density at radius 1 is 1.67 bits per heavy atom. The molecular weight excluding hydrogens is 178 g/mol. The Bertz CT molecular complexity index is 79.5.